The lowest BCUT2D eigenvalue weighted by atomic mass is 10.1. The molecule has 1 fully saturated rings. The number of rotatable bonds is 8. The van der Waals surface area contributed by atoms with Gasteiger partial charge in [-0.25, -0.2) is 8.42 Å². The summed E-state index contributed by atoms with van der Waals surface area (Å²) in [4.78, 5) is 0. The van der Waals surface area contributed by atoms with Gasteiger partial charge in [0.15, 0.2) is 0 Å². The van der Waals surface area contributed by atoms with Gasteiger partial charge in [-0.3, -0.25) is 0 Å². The fraction of sp³-hybridized carbons (Fsp3) is 1.00. The van der Waals surface area contributed by atoms with Gasteiger partial charge in [-0.1, -0.05) is 19.8 Å². The maximum Gasteiger partial charge on any atom is 0.150 e. The van der Waals surface area contributed by atoms with Gasteiger partial charge < -0.3 is 5.11 Å². The molecule has 1 N–H and O–H groups in total. The SMILES string of the molecule is CCS(=O)(=O)CCCCCC(O)C1CC1. The van der Waals surface area contributed by atoms with Gasteiger partial charge in [0.2, 0.25) is 0 Å². The molecule has 0 bridgehead atoms. The monoisotopic (exact) mass is 234 g/mol. The van der Waals surface area contributed by atoms with Crippen molar-refractivity contribution >= 4 is 9.84 Å². The quantitative estimate of drug-likeness (QED) is 0.651. The van der Waals surface area contributed by atoms with Crippen LogP contribution in [0.25, 0.3) is 0 Å². The molecule has 0 radical (unpaired) electrons. The van der Waals surface area contributed by atoms with E-state index in [4.69, 9.17) is 0 Å². The van der Waals surface area contributed by atoms with Crippen LogP contribution in [0.15, 0.2) is 0 Å². The van der Waals surface area contributed by atoms with Gasteiger partial charge in [-0.2, -0.15) is 0 Å². The summed E-state index contributed by atoms with van der Waals surface area (Å²) in [5.41, 5.74) is 0. The van der Waals surface area contributed by atoms with Gasteiger partial charge in [0.1, 0.15) is 9.84 Å². The van der Waals surface area contributed by atoms with Crippen LogP contribution in [-0.2, 0) is 9.84 Å². The first-order chi connectivity index (χ1) is 7.05. The Morgan fingerprint density at radius 3 is 2.47 bits per heavy atom. The summed E-state index contributed by atoms with van der Waals surface area (Å²) in [7, 11) is -2.79. The molecule has 0 aliphatic heterocycles. The van der Waals surface area contributed by atoms with Gasteiger partial charge in [-0.15, -0.1) is 0 Å². The normalized spacial score (nSPS) is 19.1. The van der Waals surface area contributed by atoms with Crippen LogP contribution in [0.2, 0.25) is 0 Å². The van der Waals surface area contributed by atoms with Crippen molar-refractivity contribution < 1.29 is 13.5 Å². The predicted octanol–water partition coefficient (Wildman–Crippen LogP) is 1.75. The van der Waals surface area contributed by atoms with Gasteiger partial charge in [0.25, 0.3) is 0 Å². The second-order valence-corrected chi connectivity index (χ2v) is 6.96. The standard InChI is InChI=1S/C11H22O3S/c1-2-15(13,14)9-5-3-4-6-11(12)10-7-8-10/h10-12H,2-9H2,1H3. The second-order valence-electron chi connectivity index (χ2n) is 4.49. The third-order valence-electron chi connectivity index (χ3n) is 3.06. The number of unbranched alkanes of at least 4 members (excludes halogenated alkanes) is 2. The van der Waals surface area contributed by atoms with Crippen molar-refractivity contribution in [3.63, 3.8) is 0 Å². The van der Waals surface area contributed by atoms with E-state index in [1.165, 1.54) is 12.8 Å². The Kier molecular flexibility index (Phi) is 5.06. The number of sulfone groups is 1. The fourth-order valence-corrected chi connectivity index (χ4v) is 2.65. The van der Waals surface area contributed by atoms with Crippen molar-refractivity contribution in [3.8, 4) is 0 Å². The van der Waals surface area contributed by atoms with Gasteiger partial charge in [0.05, 0.1) is 11.9 Å². The molecular formula is C11H22O3S. The van der Waals surface area contributed by atoms with Crippen LogP contribution < -0.4 is 0 Å². The third kappa shape index (κ3) is 5.52. The lowest BCUT2D eigenvalue weighted by molar-refractivity contribution is 0.138. The number of hydrogen-bond donors (Lipinski definition) is 1. The van der Waals surface area contributed by atoms with E-state index in [-0.39, 0.29) is 11.9 Å². The Morgan fingerprint density at radius 1 is 1.27 bits per heavy atom. The highest BCUT2D eigenvalue weighted by atomic mass is 32.2. The Bertz CT molecular complexity index is 268. The summed E-state index contributed by atoms with van der Waals surface area (Å²) >= 11 is 0. The highest BCUT2D eigenvalue weighted by Crippen LogP contribution is 2.34. The maximum absolute atomic E-state index is 11.2. The van der Waals surface area contributed by atoms with E-state index in [9.17, 15) is 13.5 Å². The first-order valence-corrected chi connectivity index (χ1v) is 7.76. The molecule has 0 saturated heterocycles. The van der Waals surface area contributed by atoms with Crippen molar-refractivity contribution in [2.45, 2.75) is 51.6 Å². The topological polar surface area (TPSA) is 54.4 Å². The fourth-order valence-electron chi connectivity index (χ4n) is 1.71. The molecule has 0 aromatic carbocycles. The van der Waals surface area contributed by atoms with Crippen LogP contribution in [0.4, 0.5) is 0 Å². The minimum Gasteiger partial charge on any atom is -0.393 e. The summed E-state index contributed by atoms with van der Waals surface area (Å²) < 4.78 is 22.3. The minimum absolute atomic E-state index is 0.132. The van der Waals surface area contributed by atoms with E-state index < -0.39 is 9.84 Å². The lowest BCUT2D eigenvalue weighted by Crippen LogP contribution is -2.10. The summed E-state index contributed by atoms with van der Waals surface area (Å²) in [5.74, 6) is 1.10. The van der Waals surface area contributed by atoms with Crippen molar-refractivity contribution in [1.29, 1.82) is 0 Å². The minimum atomic E-state index is -2.79. The summed E-state index contributed by atoms with van der Waals surface area (Å²) in [6.07, 6.45) is 5.67. The van der Waals surface area contributed by atoms with Crippen LogP contribution in [0.5, 0.6) is 0 Å². The van der Waals surface area contributed by atoms with E-state index in [1.807, 2.05) is 0 Å². The summed E-state index contributed by atoms with van der Waals surface area (Å²) in [6.45, 7) is 1.69. The highest BCUT2D eigenvalue weighted by Gasteiger charge is 2.28. The Hall–Kier alpha value is -0.0900. The van der Waals surface area contributed by atoms with Gasteiger partial charge in [-0.05, 0) is 31.6 Å². The molecule has 1 aliphatic carbocycles. The molecule has 3 nitrogen and oxygen atoms in total. The van der Waals surface area contributed by atoms with Crippen molar-refractivity contribution in [2.75, 3.05) is 11.5 Å². The van der Waals surface area contributed by atoms with Crippen molar-refractivity contribution in [3.05, 3.63) is 0 Å². The molecule has 0 heterocycles. The zero-order valence-electron chi connectivity index (χ0n) is 9.48. The molecule has 0 amide bonds. The van der Waals surface area contributed by atoms with Crippen LogP contribution in [0.3, 0.4) is 0 Å². The van der Waals surface area contributed by atoms with Crippen LogP contribution in [0, 0.1) is 5.92 Å². The van der Waals surface area contributed by atoms with E-state index in [0.29, 0.717) is 11.7 Å². The molecule has 0 aromatic rings. The number of aliphatic hydroxyl groups excluding tert-OH is 1. The molecule has 4 heteroatoms. The Morgan fingerprint density at radius 2 is 1.93 bits per heavy atom. The van der Waals surface area contributed by atoms with Crippen molar-refractivity contribution in [1.82, 2.24) is 0 Å². The summed E-state index contributed by atoms with van der Waals surface area (Å²) in [5, 5.41) is 9.58. The molecule has 0 spiro atoms. The first-order valence-electron chi connectivity index (χ1n) is 5.93. The molecule has 1 saturated carbocycles. The smallest absolute Gasteiger partial charge is 0.150 e. The molecular weight excluding hydrogens is 212 g/mol. The highest BCUT2D eigenvalue weighted by molar-refractivity contribution is 7.91. The Balaban J connectivity index is 1.97. The van der Waals surface area contributed by atoms with Gasteiger partial charge >= 0.3 is 0 Å². The molecule has 1 unspecified atom stereocenters. The van der Waals surface area contributed by atoms with E-state index >= 15 is 0 Å². The molecule has 15 heavy (non-hydrogen) atoms. The predicted molar refractivity (Wildman–Crippen MR) is 61.5 cm³/mol. The molecule has 0 aromatic heterocycles. The van der Waals surface area contributed by atoms with E-state index in [2.05, 4.69) is 0 Å². The van der Waals surface area contributed by atoms with Gasteiger partial charge in [0, 0.05) is 5.75 Å². The average Bonchev–Trinajstić information content (AvgIpc) is 3.00. The maximum atomic E-state index is 11.2. The molecule has 1 atom stereocenters. The van der Waals surface area contributed by atoms with Crippen LogP contribution in [0.1, 0.15) is 45.4 Å². The average molecular weight is 234 g/mol. The molecule has 90 valence electrons. The van der Waals surface area contributed by atoms with Crippen molar-refractivity contribution in [2.24, 2.45) is 5.92 Å². The largest absolute Gasteiger partial charge is 0.393 e. The third-order valence-corrected chi connectivity index (χ3v) is 4.85. The zero-order valence-corrected chi connectivity index (χ0v) is 10.3. The van der Waals surface area contributed by atoms with Crippen LogP contribution >= 0.6 is 0 Å². The zero-order chi connectivity index (χ0) is 11.3. The van der Waals surface area contributed by atoms with E-state index in [0.717, 1.165) is 25.7 Å². The molecule has 1 rings (SSSR count). The lowest BCUT2D eigenvalue weighted by Gasteiger charge is -2.08. The number of hydrogen-bond acceptors (Lipinski definition) is 3. The molecule has 1 aliphatic rings. The number of aliphatic hydroxyl groups is 1. The Labute approximate surface area is 92.8 Å². The summed E-state index contributed by atoms with van der Waals surface area (Å²) in [6, 6.07) is 0. The first kappa shape index (κ1) is 13.0. The van der Waals surface area contributed by atoms with E-state index in [1.54, 1.807) is 6.92 Å². The second kappa shape index (κ2) is 5.85. The van der Waals surface area contributed by atoms with Crippen LogP contribution in [-0.4, -0.2) is 31.1 Å².